The van der Waals surface area contributed by atoms with Crippen LogP contribution in [0, 0.1) is 0 Å². The Morgan fingerprint density at radius 1 is 1.22 bits per heavy atom. The molecule has 0 aliphatic carbocycles. The van der Waals surface area contributed by atoms with Crippen molar-refractivity contribution >= 4 is 17.5 Å². The number of amides is 2. The van der Waals surface area contributed by atoms with Gasteiger partial charge in [-0.3, -0.25) is 4.79 Å². The standard InChI is InChI=1S/C21H24N2O4/c1-3-27-19-10-9-16(15(2)24)13-18(19)22-20(25)23-12-11-21(26,14-23)17-7-5-4-6-8-17/h4-10,13,26H,3,11-12,14H2,1-2H3,(H,22,25)/t21-/m0/s1. The van der Waals surface area contributed by atoms with Crippen molar-refractivity contribution in [3.63, 3.8) is 0 Å². The summed E-state index contributed by atoms with van der Waals surface area (Å²) in [4.78, 5) is 26.0. The number of likely N-dealkylation sites (tertiary alicyclic amines) is 1. The van der Waals surface area contributed by atoms with Crippen molar-refractivity contribution in [1.29, 1.82) is 0 Å². The summed E-state index contributed by atoms with van der Waals surface area (Å²) in [7, 11) is 0. The van der Waals surface area contributed by atoms with Crippen LogP contribution in [0.15, 0.2) is 48.5 Å². The fourth-order valence-corrected chi connectivity index (χ4v) is 3.27. The number of Topliss-reactive ketones (excluding diaryl/α,β-unsaturated/α-hetero) is 1. The van der Waals surface area contributed by atoms with Crippen LogP contribution in [0.2, 0.25) is 0 Å². The lowest BCUT2D eigenvalue weighted by molar-refractivity contribution is 0.0500. The molecule has 1 heterocycles. The van der Waals surface area contributed by atoms with Gasteiger partial charge in [0.15, 0.2) is 5.78 Å². The molecular weight excluding hydrogens is 344 g/mol. The summed E-state index contributed by atoms with van der Waals surface area (Å²) in [5.74, 6) is 0.418. The Morgan fingerprint density at radius 3 is 2.63 bits per heavy atom. The van der Waals surface area contributed by atoms with E-state index < -0.39 is 5.60 Å². The number of ether oxygens (including phenoxy) is 1. The maximum Gasteiger partial charge on any atom is 0.322 e. The molecule has 1 atom stereocenters. The number of nitrogens with one attached hydrogen (secondary N) is 1. The van der Waals surface area contributed by atoms with Crippen LogP contribution in [-0.4, -0.2) is 41.5 Å². The molecule has 1 aliphatic heterocycles. The van der Waals surface area contributed by atoms with E-state index in [1.54, 1.807) is 23.1 Å². The Bertz CT molecular complexity index is 837. The van der Waals surface area contributed by atoms with Crippen LogP contribution < -0.4 is 10.1 Å². The van der Waals surface area contributed by atoms with Crippen LogP contribution in [0.25, 0.3) is 0 Å². The lowest BCUT2D eigenvalue weighted by Gasteiger charge is -2.24. The predicted molar refractivity (Wildman–Crippen MR) is 103 cm³/mol. The van der Waals surface area contributed by atoms with E-state index in [-0.39, 0.29) is 18.4 Å². The Labute approximate surface area is 158 Å². The predicted octanol–water partition coefficient (Wildman–Crippen LogP) is 3.41. The zero-order chi connectivity index (χ0) is 19.4. The number of rotatable bonds is 5. The summed E-state index contributed by atoms with van der Waals surface area (Å²) in [5.41, 5.74) is 0.692. The highest BCUT2D eigenvalue weighted by Crippen LogP contribution is 2.33. The fourth-order valence-electron chi connectivity index (χ4n) is 3.27. The smallest absolute Gasteiger partial charge is 0.322 e. The van der Waals surface area contributed by atoms with E-state index in [1.807, 2.05) is 37.3 Å². The maximum atomic E-state index is 12.7. The van der Waals surface area contributed by atoms with Crippen molar-refractivity contribution in [1.82, 2.24) is 4.90 Å². The van der Waals surface area contributed by atoms with E-state index in [4.69, 9.17) is 4.74 Å². The first kappa shape index (κ1) is 18.9. The van der Waals surface area contributed by atoms with Crippen molar-refractivity contribution in [3.05, 3.63) is 59.7 Å². The molecule has 0 bridgehead atoms. The Morgan fingerprint density at radius 2 is 1.96 bits per heavy atom. The van der Waals surface area contributed by atoms with E-state index in [0.717, 1.165) is 5.56 Å². The minimum Gasteiger partial charge on any atom is -0.492 e. The molecule has 2 aromatic rings. The molecule has 0 saturated carbocycles. The molecule has 2 N–H and O–H groups in total. The van der Waals surface area contributed by atoms with Gasteiger partial charge in [0.2, 0.25) is 0 Å². The second kappa shape index (κ2) is 7.80. The van der Waals surface area contributed by atoms with Gasteiger partial charge in [0.1, 0.15) is 11.4 Å². The number of hydrogen-bond acceptors (Lipinski definition) is 4. The first-order valence-electron chi connectivity index (χ1n) is 9.04. The molecule has 27 heavy (non-hydrogen) atoms. The van der Waals surface area contributed by atoms with Gasteiger partial charge in [0.05, 0.1) is 18.8 Å². The van der Waals surface area contributed by atoms with E-state index in [0.29, 0.717) is 36.6 Å². The van der Waals surface area contributed by atoms with Crippen LogP contribution in [0.4, 0.5) is 10.5 Å². The van der Waals surface area contributed by atoms with Crippen LogP contribution in [-0.2, 0) is 5.60 Å². The second-order valence-corrected chi connectivity index (χ2v) is 6.70. The van der Waals surface area contributed by atoms with Gasteiger partial charge in [-0.2, -0.15) is 0 Å². The summed E-state index contributed by atoms with van der Waals surface area (Å²) in [6, 6.07) is 14.0. The third kappa shape index (κ3) is 4.11. The molecule has 2 amide bonds. The molecule has 0 unspecified atom stereocenters. The number of nitrogens with zero attached hydrogens (tertiary/aromatic N) is 1. The molecule has 1 saturated heterocycles. The van der Waals surface area contributed by atoms with Gasteiger partial charge in [0, 0.05) is 12.1 Å². The van der Waals surface area contributed by atoms with Crippen LogP contribution in [0.5, 0.6) is 5.75 Å². The molecule has 0 radical (unpaired) electrons. The summed E-state index contributed by atoms with van der Waals surface area (Å²) in [6.07, 6.45) is 0.468. The average Bonchev–Trinajstić information content (AvgIpc) is 3.07. The molecule has 142 valence electrons. The van der Waals surface area contributed by atoms with Gasteiger partial charge in [0.25, 0.3) is 0 Å². The van der Waals surface area contributed by atoms with Gasteiger partial charge < -0.3 is 20.1 Å². The monoisotopic (exact) mass is 368 g/mol. The Balaban J connectivity index is 1.76. The van der Waals surface area contributed by atoms with Crippen molar-refractivity contribution in [2.75, 3.05) is 25.0 Å². The number of carbonyl (C=O) groups excluding carboxylic acids is 2. The SMILES string of the molecule is CCOc1ccc(C(C)=O)cc1NC(=O)N1CC[C@@](O)(c2ccccc2)C1. The molecule has 1 fully saturated rings. The number of carbonyl (C=O) groups is 2. The Kier molecular flexibility index (Phi) is 5.46. The highest BCUT2D eigenvalue weighted by molar-refractivity contribution is 5.98. The summed E-state index contributed by atoms with van der Waals surface area (Å²) in [6.45, 7) is 4.42. The first-order chi connectivity index (χ1) is 12.9. The summed E-state index contributed by atoms with van der Waals surface area (Å²) < 4.78 is 5.55. The quantitative estimate of drug-likeness (QED) is 0.793. The van der Waals surface area contributed by atoms with E-state index in [1.165, 1.54) is 6.92 Å². The van der Waals surface area contributed by atoms with E-state index in [9.17, 15) is 14.7 Å². The third-order valence-electron chi connectivity index (χ3n) is 4.77. The highest BCUT2D eigenvalue weighted by atomic mass is 16.5. The number of β-amino-alcohol motifs (C(OH)–C–C–N with tert-alkyl or cyclic N) is 1. The van der Waals surface area contributed by atoms with E-state index >= 15 is 0 Å². The number of aliphatic hydroxyl groups is 1. The molecule has 6 nitrogen and oxygen atoms in total. The van der Waals surface area contributed by atoms with Crippen molar-refractivity contribution < 1.29 is 19.4 Å². The van der Waals surface area contributed by atoms with Crippen molar-refractivity contribution in [2.24, 2.45) is 0 Å². The number of ketones is 1. The number of anilines is 1. The molecule has 6 heteroatoms. The molecule has 0 spiro atoms. The minimum absolute atomic E-state index is 0.0897. The Hall–Kier alpha value is -2.86. The lowest BCUT2D eigenvalue weighted by Crippen LogP contribution is -2.37. The van der Waals surface area contributed by atoms with Crippen LogP contribution in [0.1, 0.15) is 36.2 Å². The largest absolute Gasteiger partial charge is 0.492 e. The van der Waals surface area contributed by atoms with Crippen LogP contribution >= 0.6 is 0 Å². The third-order valence-corrected chi connectivity index (χ3v) is 4.77. The van der Waals surface area contributed by atoms with Gasteiger partial charge >= 0.3 is 6.03 Å². The normalized spacial score (nSPS) is 19.0. The topological polar surface area (TPSA) is 78.9 Å². The number of benzene rings is 2. The molecule has 2 aromatic carbocycles. The number of urea groups is 1. The lowest BCUT2D eigenvalue weighted by atomic mass is 9.93. The first-order valence-corrected chi connectivity index (χ1v) is 9.04. The second-order valence-electron chi connectivity index (χ2n) is 6.70. The fraction of sp³-hybridized carbons (Fsp3) is 0.333. The average molecular weight is 368 g/mol. The van der Waals surface area contributed by atoms with Gasteiger partial charge in [-0.25, -0.2) is 4.79 Å². The highest BCUT2D eigenvalue weighted by Gasteiger charge is 2.39. The molecule has 0 aromatic heterocycles. The zero-order valence-corrected chi connectivity index (χ0v) is 15.6. The van der Waals surface area contributed by atoms with Crippen molar-refractivity contribution in [2.45, 2.75) is 25.9 Å². The van der Waals surface area contributed by atoms with Gasteiger partial charge in [-0.1, -0.05) is 30.3 Å². The minimum atomic E-state index is -1.05. The molecule has 1 aliphatic rings. The van der Waals surface area contributed by atoms with Crippen molar-refractivity contribution in [3.8, 4) is 5.75 Å². The molecule has 3 rings (SSSR count). The van der Waals surface area contributed by atoms with Crippen LogP contribution in [0.3, 0.4) is 0 Å². The molecular formula is C21H24N2O4. The van der Waals surface area contributed by atoms with E-state index in [2.05, 4.69) is 5.32 Å². The summed E-state index contributed by atoms with van der Waals surface area (Å²) >= 11 is 0. The summed E-state index contributed by atoms with van der Waals surface area (Å²) in [5, 5.41) is 13.7. The zero-order valence-electron chi connectivity index (χ0n) is 15.6. The van der Waals surface area contributed by atoms with Gasteiger partial charge in [-0.15, -0.1) is 0 Å². The maximum absolute atomic E-state index is 12.7. The van der Waals surface area contributed by atoms with Gasteiger partial charge in [-0.05, 0) is 44.0 Å². The number of hydrogen-bond donors (Lipinski definition) is 2.